The van der Waals surface area contributed by atoms with Crippen LogP contribution in [0.25, 0.3) is 0 Å². The number of benzene rings is 2. The molecule has 1 saturated heterocycles. The third-order valence-electron chi connectivity index (χ3n) is 6.51. The molecule has 1 N–H and O–H groups in total. The highest BCUT2D eigenvalue weighted by Gasteiger charge is 2.39. The lowest BCUT2D eigenvalue weighted by molar-refractivity contribution is -0.143. The fourth-order valence-electron chi connectivity index (χ4n) is 4.78. The van der Waals surface area contributed by atoms with Crippen molar-refractivity contribution in [3.8, 4) is 0 Å². The Morgan fingerprint density at radius 2 is 1.65 bits per heavy atom. The number of hydrogen-bond acceptors (Lipinski definition) is 3. The zero-order valence-corrected chi connectivity index (χ0v) is 21.0. The second kappa shape index (κ2) is 12.0. The fourth-order valence-corrected chi connectivity index (χ4v) is 4.78. The van der Waals surface area contributed by atoms with Crippen LogP contribution in [0.5, 0.6) is 0 Å². The van der Waals surface area contributed by atoms with Gasteiger partial charge in [-0.05, 0) is 66.9 Å². The van der Waals surface area contributed by atoms with E-state index in [9.17, 15) is 40.6 Å². The summed E-state index contributed by atoms with van der Waals surface area (Å²) in [5.74, 6) is -1.89. The van der Waals surface area contributed by atoms with E-state index in [4.69, 9.17) is 0 Å². The van der Waals surface area contributed by atoms with Crippen molar-refractivity contribution in [2.75, 3.05) is 33.3 Å². The van der Waals surface area contributed by atoms with E-state index < -0.39 is 53.6 Å². The number of halogens is 8. The van der Waals surface area contributed by atoms with E-state index in [2.05, 4.69) is 0 Å². The summed E-state index contributed by atoms with van der Waals surface area (Å²) in [4.78, 5) is 16.5. The molecule has 0 aliphatic carbocycles. The third-order valence-corrected chi connectivity index (χ3v) is 6.51. The molecule has 2 atom stereocenters. The number of alkyl halides is 6. The van der Waals surface area contributed by atoms with Crippen LogP contribution in [0.4, 0.5) is 30.7 Å². The van der Waals surface area contributed by atoms with Crippen molar-refractivity contribution in [2.24, 2.45) is 5.92 Å². The van der Waals surface area contributed by atoms with Gasteiger partial charge in [-0.15, -0.1) is 12.4 Å². The summed E-state index contributed by atoms with van der Waals surface area (Å²) in [6.45, 7) is 2.40. The number of aliphatic hydroxyl groups excluding tert-OH is 1. The largest absolute Gasteiger partial charge is 0.416 e. The molecule has 1 fully saturated rings. The summed E-state index contributed by atoms with van der Waals surface area (Å²) in [7, 11) is 1.34. The van der Waals surface area contributed by atoms with Gasteiger partial charge in [0.15, 0.2) is 0 Å². The number of nitrogens with zero attached hydrogens (tertiary/aromatic N) is 2. The molecule has 0 unspecified atom stereocenters. The van der Waals surface area contributed by atoms with Gasteiger partial charge in [0.25, 0.3) is 0 Å². The Morgan fingerprint density at radius 3 is 2.16 bits per heavy atom. The molecule has 37 heavy (non-hydrogen) atoms. The Kier molecular flexibility index (Phi) is 10.0. The maximum absolute atomic E-state index is 13.7. The van der Waals surface area contributed by atoms with E-state index in [0.29, 0.717) is 43.8 Å². The van der Waals surface area contributed by atoms with E-state index in [1.807, 2.05) is 4.90 Å². The Bertz CT molecular complexity index is 1060. The number of β-amino-alcohol motifs (C(OH)–C–C–N with tert-alkyl or cyclic N) is 1. The normalized spacial score (nSPS) is 18.9. The van der Waals surface area contributed by atoms with Gasteiger partial charge in [-0.25, -0.2) is 4.39 Å². The molecule has 4 nitrogen and oxygen atoms in total. The lowest BCUT2D eigenvalue weighted by atomic mass is 9.78. The number of carbonyl (C=O) groups is 1. The zero-order valence-electron chi connectivity index (χ0n) is 20.2. The first-order valence-corrected chi connectivity index (χ1v) is 11.3. The molecule has 0 aromatic heterocycles. The lowest BCUT2D eigenvalue weighted by Crippen LogP contribution is -2.46. The highest BCUT2D eigenvalue weighted by Crippen LogP contribution is 2.38. The van der Waals surface area contributed by atoms with Crippen molar-refractivity contribution in [1.29, 1.82) is 0 Å². The molecule has 0 bridgehead atoms. The van der Waals surface area contributed by atoms with Crippen molar-refractivity contribution in [3.63, 3.8) is 0 Å². The van der Waals surface area contributed by atoms with Crippen LogP contribution >= 0.6 is 12.4 Å². The molecule has 0 saturated carbocycles. The van der Waals surface area contributed by atoms with E-state index in [-0.39, 0.29) is 30.6 Å². The van der Waals surface area contributed by atoms with Gasteiger partial charge in [-0.1, -0.05) is 6.07 Å². The van der Waals surface area contributed by atoms with Gasteiger partial charge in [0.1, 0.15) is 5.82 Å². The van der Waals surface area contributed by atoms with Gasteiger partial charge in [-0.2, -0.15) is 26.3 Å². The number of hydrogen-bond donors (Lipinski definition) is 1. The molecule has 1 aliphatic heterocycles. The lowest BCUT2D eigenvalue weighted by Gasteiger charge is -2.40. The van der Waals surface area contributed by atoms with Gasteiger partial charge in [0, 0.05) is 38.5 Å². The second-order valence-electron chi connectivity index (χ2n) is 9.14. The number of aryl methyl sites for hydroxylation is 1. The Morgan fingerprint density at radius 1 is 1.05 bits per heavy atom. The first-order chi connectivity index (χ1) is 16.7. The van der Waals surface area contributed by atoms with Crippen LogP contribution in [-0.4, -0.2) is 54.1 Å². The molecule has 0 spiro atoms. The molecule has 3 rings (SSSR count). The number of aliphatic hydroxyl groups is 1. The number of piperidine rings is 1. The molecule has 1 aliphatic rings. The van der Waals surface area contributed by atoms with Crippen molar-refractivity contribution < 1.29 is 40.6 Å². The Labute approximate surface area is 216 Å². The number of carbonyl (C=O) groups excluding carboxylic acids is 1. The summed E-state index contributed by atoms with van der Waals surface area (Å²) in [6, 6.07) is 5.48. The van der Waals surface area contributed by atoms with Gasteiger partial charge < -0.3 is 14.9 Å². The second-order valence-corrected chi connectivity index (χ2v) is 9.14. The first-order valence-electron chi connectivity index (χ1n) is 11.3. The summed E-state index contributed by atoms with van der Waals surface area (Å²) < 4.78 is 93.1. The third kappa shape index (κ3) is 7.58. The Balaban J connectivity index is 0.00000481. The summed E-state index contributed by atoms with van der Waals surface area (Å²) in [5.41, 5.74) is -1.82. The maximum atomic E-state index is 13.7. The highest BCUT2D eigenvalue weighted by atomic mass is 35.5. The molecule has 0 radical (unpaired) electrons. The van der Waals surface area contributed by atoms with Crippen LogP contribution in [0.2, 0.25) is 0 Å². The van der Waals surface area contributed by atoms with Crippen LogP contribution in [0, 0.1) is 18.7 Å². The molecule has 12 heteroatoms. The summed E-state index contributed by atoms with van der Waals surface area (Å²) in [6.07, 6.45) is -9.60. The zero-order chi connectivity index (χ0) is 26.8. The van der Waals surface area contributed by atoms with Crippen LogP contribution in [0.1, 0.15) is 40.2 Å². The summed E-state index contributed by atoms with van der Waals surface area (Å²) >= 11 is 0. The Hall–Kier alpha value is -2.37. The molecular weight excluding hydrogens is 529 g/mol. The predicted molar refractivity (Wildman–Crippen MR) is 126 cm³/mol. The van der Waals surface area contributed by atoms with Crippen LogP contribution < -0.4 is 0 Å². The summed E-state index contributed by atoms with van der Waals surface area (Å²) in [5, 5.41) is 9.33. The van der Waals surface area contributed by atoms with Gasteiger partial charge in [0.2, 0.25) is 5.91 Å². The van der Waals surface area contributed by atoms with Gasteiger partial charge in [-0.3, -0.25) is 4.79 Å². The van der Waals surface area contributed by atoms with Crippen molar-refractivity contribution in [3.05, 3.63) is 70.0 Å². The minimum Gasteiger partial charge on any atom is -0.395 e. The fraction of sp³-hybridized carbons (Fsp3) is 0.480. The monoisotopic (exact) mass is 556 g/mol. The number of likely N-dealkylation sites (tertiary alicyclic amines) is 1. The highest BCUT2D eigenvalue weighted by molar-refractivity contribution is 5.85. The van der Waals surface area contributed by atoms with E-state index in [1.165, 1.54) is 19.2 Å². The smallest absolute Gasteiger partial charge is 0.395 e. The number of amides is 1. The molecule has 2 aromatic carbocycles. The average molecular weight is 557 g/mol. The minimum atomic E-state index is -4.98. The van der Waals surface area contributed by atoms with Gasteiger partial charge in [0.05, 0.1) is 17.7 Å². The first kappa shape index (κ1) is 30.9. The molecule has 2 aromatic rings. The average Bonchev–Trinajstić information content (AvgIpc) is 2.77. The van der Waals surface area contributed by atoms with E-state index >= 15 is 0 Å². The van der Waals surface area contributed by atoms with Gasteiger partial charge >= 0.3 is 12.4 Å². The molecule has 1 amide bonds. The predicted octanol–water partition coefficient (Wildman–Crippen LogP) is 5.65. The molecule has 206 valence electrons. The molecular formula is C25H28ClF7N2O2. The van der Waals surface area contributed by atoms with Crippen LogP contribution in [0.15, 0.2) is 36.4 Å². The van der Waals surface area contributed by atoms with E-state index in [0.717, 1.165) is 10.5 Å². The van der Waals surface area contributed by atoms with Crippen molar-refractivity contribution in [2.45, 2.75) is 38.2 Å². The SMILES string of the molecule is Cc1cc(F)ccc1[C@@H]1CN(CCO)CC[C@H]1C(=O)N(C)Cc1cc(C(F)(F)F)cc(C(F)(F)F)c1.Cl. The quantitative estimate of drug-likeness (QED) is 0.468. The van der Waals surface area contributed by atoms with Crippen molar-refractivity contribution in [1.82, 2.24) is 9.80 Å². The number of rotatable bonds is 6. The standard InChI is InChI=1S/C25H27F7N2O2.ClH/c1-15-9-19(26)3-4-20(15)22-14-34(7-8-35)6-5-21(22)23(36)33(2)13-16-10-17(24(27,28)29)12-18(11-16)25(30,31)32;/h3-4,9-12,21-22,35H,5-8,13-14H2,1-2H3;1H/t21-,22+;/m1./s1. The van der Waals surface area contributed by atoms with Crippen molar-refractivity contribution >= 4 is 18.3 Å². The van der Waals surface area contributed by atoms with Crippen LogP contribution in [0.3, 0.4) is 0 Å². The van der Waals surface area contributed by atoms with E-state index in [1.54, 1.807) is 13.0 Å². The maximum Gasteiger partial charge on any atom is 0.416 e. The van der Waals surface area contributed by atoms with Crippen LogP contribution in [-0.2, 0) is 23.7 Å². The topological polar surface area (TPSA) is 43.8 Å². The molecule has 1 heterocycles. The minimum absolute atomic E-state index is 0.